The van der Waals surface area contributed by atoms with Crippen molar-refractivity contribution in [3.05, 3.63) is 64.7 Å². The molecule has 0 spiro atoms. The van der Waals surface area contributed by atoms with Gasteiger partial charge in [-0.1, -0.05) is 29.8 Å². The van der Waals surface area contributed by atoms with Crippen LogP contribution in [0.3, 0.4) is 0 Å². The summed E-state index contributed by atoms with van der Waals surface area (Å²) < 4.78 is 0. The summed E-state index contributed by atoms with van der Waals surface area (Å²) in [7, 11) is 0. The van der Waals surface area contributed by atoms with Crippen LogP contribution in [-0.4, -0.2) is 53.1 Å². The molecule has 3 aliphatic rings. The summed E-state index contributed by atoms with van der Waals surface area (Å²) in [5.41, 5.74) is 10.7. The van der Waals surface area contributed by atoms with Gasteiger partial charge in [-0.15, -0.1) is 0 Å². The molecule has 1 atom stereocenters. The van der Waals surface area contributed by atoms with Crippen LogP contribution < -0.4 is 16.0 Å². The molecular formula is C32H41N5O3. The number of primary amides is 1. The number of likely N-dealkylation sites (tertiary alicyclic amines) is 1. The largest absolute Gasteiger partial charge is 0.368 e. The number of nitrogens with two attached hydrogens (primary N) is 1. The maximum Gasteiger partial charge on any atom is 0.278 e. The fourth-order valence-electron chi connectivity index (χ4n) is 6.43. The van der Waals surface area contributed by atoms with E-state index in [0.717, 1.165) is 73.3 Å². The predicted octanol–water partition coefficient (Wildman–Crippen LogP) is 4.13. The number of nitrogens with zero attached hydrogens (tertiary/aromatic N) is 3. The number of hydrogen-bond acceptors (Lipinski definition) is 4. The molecule has 0 aromatic heterocycles. The zero-order valence-corrected chi connectivity index (χ0v) is 23.9. The zero-order chi connectivity index (χ0) is 28.4. The number of anilines is 1. The van der Waals surface area contributed by atoms with Crippen LogP contribution in [0.1, 0.15) is 79.4 Å². The molecular weight excluding hydrogens is 502 g/mol. The number of aryl methyl sites for hydroxylation is 1. The van der Waals surface area contributed by atoms with Crippen molar-refractivity contribution in [3.63, 3.8) is 0 Å². The van der Waals surface area contributed by atoms with Gasteiger partial charge < -0.3 is 16.0 Å². The number of aliphatic imine (C=N–C) groups is 1. The second-order valence-electron chi connectivity index (χ2n) is 11.9. The van der Waals surface area contributed by atoms with E-state index in [1.807, 2.05) is 45.0 Å². The van der Waals surface area contributed by atoms with E-state index in [9.17, 15) is 14.4 Å². The Morgan fingerprint density at radius 3 is 2.42 bits per heavy atom. The lowest BCUT2D eigenvalue weighted by molar-refractivity contribution is -0.126. The molecule has 40 heavy (non-hydrogen) atoms. The Morgan fingerprint density at radius 1 is 1.02 bits per heavy atom. The van der Waals surface area contributed by atoms with Gasteiger partial charge in [-0.2, -0.15) is 4.99 Å². The van der Waals surface area contributed by atoms with Crippen LogP contribution in [-0.2, 0) is 22.6 Å². The van der Waals surface area contributed by atoms with Gasteiger partial charge in [0.25, 0.3) is 5.91 Å². The maximum absolute atomic E-state index is 13.2. The SMILES string of the molecule is Cc1ccc(C(=O)N=C2Cc3ccc(CN4CCC[C@@H]4C(N)=O)cc3N2C2CCC(C(=O)NC(C)C)CC2)cc1. The van der Waals surface area contributed by atoms with Crippen molar-refractivity contribution in [3.8, 4) is 0 Å². The number of rotatable bonds is 7. The number of benzene rings is 2. The lowest BCUT2D eigenvalue weighted by Gasteiger charge is -2.36. The van der Waals surface area contributed by atoms with Crippen LogP contribution in [0.5, 0.6) is 0 Å². The molecule has 2 aromatic carbocycles. The van der Waals surface area contributed by atoms with Crippen molar-refractivity contribution >= 4 is 29.2 Å². The molecule has 0 unspecified atom stereocenters. The standard InChI is InChI=1S/C32H41N5O3/c1-20(2)34-31(39)24-12-14-26(15-13-24)37-28-17-22(19-36-16-4-5-27(36)30(33)38)8-11-25(28)18-29(37)35-32(40)23-9-6-21(3)7-10-23/h6-11,17,20,24,26-27H,4-5,12-16,18-19H2,1-3H3,(H2,33,38)(H,34,39)/t24?,26?,27-/m1/s1. The third-order valence-corrected chi connectivity index (χ3v) is 8.51. The highest BCUT2D eigenvalue weighted by molar-refractivity contribution is 6.12. The first-order valence-corrected chi connectivity index (χ1v) is 14.6. The quantitative estimate of drug-likeness (QED) is 0.546. The molecule has 8 heteroatoms. The summed E-state index contributed by atoms with van der Waals surface area (Å²) in [6, 6.07) is 14.0. The zero-order valence-electron chi connectivity index (χ0n) is 23.9. The van der Waals surface area contributed by atoms with E-state index in [1.165, 1.54) is 0 Å². The van der Waals surface area contributed by atoms with E-state index in [-0.39, 0.29) is 41.8 Å². The normalized spacial score (nSPS) is 23.9. The molecule has 5 rings (SSSR count). The number of hydrogen-bond donors (Lipinski definition) is 2. The Kier molecular flexibility index (Phi) is 8.35. The second-order valence-corrected chi connectivity index (χ2v) is 11.9. The van der Waals surface area contributed by atoms with E-state index < -0.39 is 0 Å². The third-order valence-electron chi connectivity index (χ3n) is 8.51. The van der Waals surface area contributed by atoms with Crippen LogP contribution in [0.15, 0.2) is 47.5 Å². The Labute approximate surface area is 237 Å². The van der Waals surface area contributed by atoms with Crippen molar-refractivity contribution in [1.82, 2.24) is 10.2 Å². The van der Waals surface area contributed by atoms with Gasteiger partial charge in [0.15, 0.2) is 0 Å². The van der Waals surface area contributed by atoms with Crippen molar-refractivity contribution in [1.29, 1.82) is 0 Å². The molecule has 2 heterocycles. The van der Waals surface area contributed by atoms with E-state index in [2.05, 4.69) is 38.3 Å². The van der Waals surface area contributed by atoms with Crippen molar-refractivity contribution in [2.24, 2.45) is 16.6 Å². The van der Waals surface area contributed by atoms with Gasteiger partial charge >= 0.3 is 0 Å². The van der Waals surface area contributed by atoms with Crippen LogP contribution >= 0.6 is 0 Å². The van der Waals surface area contributed by atoms with Crippen LogP contribution in [0.4, 0.5) is 5.69 Å². The summed E-state index contributed by atoms with van der Waals surface area (Å²) in [6.07, 6.45) is 5.69. The van der Waals surface area contributed by atoms with Gasteiger partial charge in [-0.25, -0.2) is 0 Å². The number of fused-ring (bicyclic) bond motifs is 1. The minimum Gasteiger partial charge on any atom is -0.368 e. The van der Waals surface area contributed by atoms with Gasteiger partial charge in [-0.05, 0) is 95.2 Å². The van der Waals surface area contributed by atoms with Crippen LogP contribution in [0.2, 0.25) is 0 Å². The Morgan fingerprint density at radius 2 is 1.75 bits per heavy atom. The number of carbonyl (C=O) groups excluding carboxylic acids is 3. The fraction of sp³-hybridized carbons (Fsp3) is 0.500. The lowest BCUT2D eigenvalue weighted by atomic mass is 9.84. The van der Waals surface area contributed by atoms with E-state index in [0.29, 0.717) is 18.5 Å². The van der Waals surface area contributed by atoms with Gasteiger partial charge in [-0.3, -0.25) is 19.3 Å². The van der Waals surface area contributed by atoms with Crippen LogP contribution in [0, 0.1) is 12.8 Å². The van der Waals surface area contributed by atoms with E-state index >= 15 is 0 Å². The van der Waals surface area contributed by atoms with Gasteiger partial charge in [0.2, 0.25) is 11.8 Å². The van der Waals surface area contributed by atoms with E-state index in [1.54, 1.807) is 0 Å². The molecule has 3 amide bonds. The molecule has 8 nitrogen and oxygen atoms in total. The Balaban J connectivity index is 1.41. The number of amides is 3. The van der Waals surface area contributed by atoms with Gasteiger partial charge in [0, 0.05) is 42.2 Å². The first-order valence-electron chi connectivity index (χ1n) is 14.6. The summed E-state index contributed by atoms with van der Waals surface area (Å²) in [5.74, 6) is 0.420. The smallest absolute Gasteiger partial charge is 0.278 e. The number of nitrogens with one attached hydrogen (secondary N) is 1. The van der Waals surface area contributed by atoms with Crippen molar-refractivity contribution < 1.29 is 14.4 Å². The average molecular weight is 544 g/mol. The molecule has 0 radical (unpaired) electrons. The van der Waals surface area contributed by atoms with E-state index in [4.69, 9.17) is 5.73 Å². The van der Waals surface area contributed by atoms with Gasteiger partial charge in [0.05, 0.1) is 6.04 Å². The summed E-state index contributed by atoms with van der Waals surface area (Å²) in [4.78, 5) is 46.9. The molecule has 1 aliphatic carbocycles. The Hall–Kier alpha value is -3.52. The molecule has 2 aromatic rings. The molecule has 1 saturated carbocycles. The topological polar surface area (TPSA) is 108 Å². The highest BCUT2D eigenvalue weighted by Crippen LogP contribution is 2.38. The summed E-state index contributed by atoms with van der Waals surface area (Å²) >= 11 is 0. The first-order chi connectivity index (χ1) is 19.2. The summed E-state index contributed by atoms with van der Waals surface area (Å²) in [5, 5.41) is 3.06. The molecule has 212 valence electrons. The predicted molar refractivity (Wildman–Crippen MR) is 157 cm³/mol. The molecule has 1 saturated heterocycles. The highest BCUT2D eigenvalue weighted by Gasteiger charge is 2.37. The lowest BCUT2D eigenvalue weighted by Crippen LogP contribution is -2.44. The number of amidine groups is 1. The molecule has 2 aliphatic heterocycles. The molecule has 0 bridgehead atoms. The van der Waals surface area contributed by atoms with Crippen LogP contribution in [0.25, 0.3) is 0 Å². The third kappa shape index (κ3) is 6.12. The fourth-order valence-corrected chi connectivity index (χ4v) is 6.43. The first kappa shape index (κ1) is 28.0. The minimum absolute atomic E-state index is 0.0162. The summed E-state index contributed by atoms with van der Waals surface area (Å²) in [6.45, 7) is 7.49. The minimum atomic E-state index is -0.261. The number of carbonyl (C=O) groups is 3. The highest BCUT2D eigenvalue weighted by atomic mass is 16.2. The monoisotopic (exact) mass is 543 g/mol. The van der Waals surface area contributed by atoms with Crippen molar-refractivity contribution in [2.45, 2.75) is 90.4 Å². The molecule has 2 fully saturated rings. The van der Waals surface area contributed by atoms with Gasteiger partial charge in [0.1, 0.15) is 5.84 Å². The average Bonchev–Trinajstić information content (AvgIpc) is 3.53. The second kappa shape index (κ2) is 11.9. The van der Waals surface area contributed by atoms with Crippen molar-refractivity contribution in [2.75, 3.05) is 11.4 Å². The maximum atomic E-state index is 13.2. The Bertz CT molecular complexity index is 1290. The molecule has 3 N–H and O–H groups in total.